The van der Waals surface area contributed by atoms with Gasteiger partial charge in [-0.05, 0) is 19.1 Å². The van der Waals surface area contributed by atoms with Gasteiger partial charge in [-0.3, -0.25) is 4.90 Å². The van der Waals surface area contributed by atoms with Crippen LogP contribution in [-0.2, 0) is 0 Å². The molecule has 1 atom stereocenters. The summed E-state index contributed by atoms with van der Waals surface area (Å²) < 4.78 is 11.0. The van der Waals surface area contributed by atoms with Crippen LogP contribution in [-0.4, -0.2) is 45.3 Å². The molecule has 1 fully saturated rings. The first-order chi connectivity index (χ1) is 8.77. The van der Waals surface area contributed by atoms with E-state index in [0.29, 0.717) is 6.04 Å². The van der Waals surface area contributed by atoms with Crippen LogP contribution >= 0.6 is 0 Å². The summed E-state index contributed by atoms with van der Waals surface area (Å²) in [6.07, 6.45) is 0. The van der Waals surface area contributed by atoms with Crippen molar-refractivity contribution in [3.05, 3.63) is 23.8 Å². The molecule has 1 heterocycles. The van der Waals surface area contributed by atoms with E-state index < -0.39 is 0 Å². The van der Waals surface area contributed by atoms with E-state index in [1.807, 2.05) is 18.2 Å². The zero-order chi connectivity index (χ0) is 13.0. The molecule has 100 valence electrons. The number of methoxy groups -OCH3 is 2. The van der Waals surface area contributed by atoms with E-state index in [2.05, 4.69) is 17.1 Å². The predicted molar refractivity (Wildman–Crippen MR) is 72.4 cm³/mol. The highest BCUT2D eigenvalue weighted by atomic mass is 16.5. The van der Waals surface area contributed by atoms with Gasteiger partial charge in [-0.25, -0.2) is 0 Å². The fourth-order valence-corrected chi connectivity index (χ4v) is 2.54. The van der Waals surface area contributed by atoms with Crippen LogP contribution in [0.25, 0.3) is 0 Å². The van der Waals surface area contributed by atoms with E-state index in [-0.39, 0.29) is 0 Å². The summed E-state index contributed by atoms with van der Waals surface area (Å²) in [5.74, 6) is 1.81. The summed E-state index contributed by atoms with van der Waals surface area (Å²) in [5.41, 5.74) is 1.14. The lowest BCUT2D eigenvalue weighted by Gasteiger charge is -2.34. The molecule has 0 bridgehead atoms. The van der Waals surface area contributed by atoms with Gasteiger partial charge < -0.3 is 14.8 Å². The second kappa shape index (κ2) is 6.07. The number of hydrogen-bond acceptors (Lipinski definition) is 4. The Labute approximate surface area is 109 Å². The van der Waals surface area contributed by atoms with Crippen LogP contribution in [0.15, 0.2) is 18.2 Å². The monoisotopic (exact) mass is 250 g/mol. The Balaban J connectivity index is 2.29. The van der Waals surface area contributed by atoms with Gasteiger partial charge in [-0.15, -0.1) is 0 Å². The SMILES string of the molecule is COc1cccc(OC)c1[C@@H](C)N1CCNCC1. The lowest BCUT2D eigenvalue weighted by atomic mass is 10.0. The molecule has 4 heteroatoms. The lowest BCUT2D eigenvalue weighted by molar-refractivity contribution is 0.179. The van der Waals surface area contributed by atoms with Gasteiger partial charge in [0.05, 0.1) is 19.8 Å². The Kier molecular flexibility index (Phi) is 4.44. The summed E-state index contributed by atoms with van der Waals surface area (Å²) in [4.78, 5) is 2.46. The van der Waals surface area contributed by atoms with Gasteiger partial charge >= 0.3 is 0 Å². The van der Waals surface area contributed by atoms with Crippen molar-refractivity contribution in [1.82, 2.24) is 10.2 Å². The largest absolute Gasteiger partial charge is 0.496 e. The maximum atomic E-state index is 5.48. The number of benzene rings is 1. The fraction of sp³-hybridized carbons (Fsp3) is 0.571. The second-order valence-corrected chi connectivity index (χ2v) is 4.54. The van der Waals surface area contributed by atoms with Gasteiger partial charge in [0.15, 0.2) is 0 Å². The Bertz CT molecular complexity index is 367. The van der Waals surface area contributed by atoms with E-state index >= 15 is 0 Å². The van der Waals surface area contributed by atoms with Crippen LogP contribution in [0, 0.1) is 0 Å². The number of rotatable bonds is 4. The van der Waals surface area contributed by atoms with Crippen molar-refractivity contribution in [3.63, 3.8) is 0 Å². The molecule has 0 radical (unpaired) electrons. The van der Waals surface area contributed by atoms with Gasteiger partial charge in [-0.1, -0.05) is 6.07 Å². The first kappa shape index (κ1) is 13.2. The molecule has 0 unspecified atom stereocenters. The van der Waals surface area contributed by atoms with Crippen LogP contribution < -0.4 is 14.8 Å². The molecule has 1 aliphatic rings. The van der Waals surface area contributed by atoms with Crippen molar-refractivity contribution in [2.45, 2.75) is 13.0 Å². The van der Waals surface area contributed by atoms with Crippen molar-refractivity contribution in [3.8, 4) is 11.5 Å². The molecule has 0 aromatic heterocycles. The average molecular weight is 250 g/mol. The molecule has 1 aliphatic heterocycles. The van der Waals surface area contributed by atoms with Crippen LogP contribution in [0.1, 0.15) is 18.5 Å². The van der Waals surface area contributed by atoms with Crippen molar-refractivity contribution >= 4 is 0 Å². The van der Waals surface area contributed by atoms with Crippen LogP contribution in [0.2, 0.25) is 0 Å². The first-order valence-electron chi connectivity index (χ1n) is 6.43. The molecule has 0 aliphatic carbocycles. The quantitative estimate of drug-likeness (QED) is 0.881. The first-order valence-corrected chi connectivity index (χ1v) is 6.43. The Morgan fingerprint density at radius 1 is 1.11 bits per heavy atom. The maximum Gasteiger partial charge on any atom is 0.127 e. The molecule has 1 saturated heterocycles. The highest BCUT2D eigenvalue weighted by Gasteiger charge is 2.23. The zero-order valence-electron chi connectivity index (χ0n) is 11.4. The number of piperazine rings is 1. The van der Waals surface area contributed by atoms with Gasteiger partial charge in [0.1, 0.15) is 11.5 Å². The highest BCUT2D eigenvalue weighted by Crippen LogP contribution is 2.36. The minimum Gasteiger partial charge on any atom is -0.496 e. The van der Waals surface area contributed by atoms with Crippen molar-refractivity contribution in [2.24, 2.45) is 0 Å². The molecule has 1 aromatic rings. The Morgan fingerprint density at radius 2 is 1.67 bits per heavy atom. The highest BCUT2D eigenvalue weighted by molar-refractivity contribution is 5.46. The Hall–Kier alpha value is -1.26. The molecule has 0 saturated carbocycles. The number of hydrogen-bond donors (Lipinski definition) is 1. The number of nitrogens with zero attached hydrogens (tertiary/aromatic N) is 1. The number of ether oxygens (including phenoxy) is 2. The molecule has 4 nitrogen and oxygen atoms in total. The number of nitrogens with one attached hydrogen (secondary N) is 1. The van der Waals surface area contributed by atoms with Gasteiger partial charge in [0, 0.05) is 32.2 Å². The Morgan fingerprint density at radius 3 is 2.17 bits per heavy atom. The molecule has 1 aromatic carbocycles. The van der Waals surface area contributed by atoms with E-state index in [0.717, 1.165) is 43.2 Å². The molecule has 0 spiro atoms. The minimum absolute atomic E-state index is 0.304. The standard InChI is InChI=1S/C14H22N2O2/c1-11(16-9-7-15-8-10-16)14-12(17-2)5-4-6-13(14)18-3/h4-6,11,15H,7-10H2,1-3H3/t11-/m1/s1. The van der Waals surface area contributed by atoms with Gasteiger partial charge in [0.25, 0.3) is 0 Å². The summed E-state index contributed by atoms with van der Waals surface area (Å²) >= 11 is 0. The van der Waals surface area contributed by atoms with E-state index in [4.69, 9.17) is 9.47 Å². The van der Waals surface area contributed by atoms with Crippen LogP contribution in [0.5, 0.6) is 11.5 Å². The molecular formula is C14H22N2O2. The van der Waals surface area contributed by atoms with Crippen LogP contribution in [0.3, 0.4) is 0 Å². The summed E-state index contributed by atoms with van der Waals surface area (Å²) in [5, 5.41) is 3.37. The van der Waals surface area contributed by atoms with Crippen molar-refractivity contribution in [1.29, 1.82) is 0 Å². The molecule has 18 heavy (non-hydrogen) atoms. The van der Waals surface area contributed by atoms with E-state index in [1.165, 1.54) is 0 Å². The van der Waals surface area contributed by atoms with Crippen molar-refractivity contribution < 1.29 is 9.47 Å². The summed E-state index contributed by atoms with van der Waals surface area (Å²) in [6.45, 7) is 6.42. The normalized spacial score (nSPS) is 18.4. The fourth-order valence-electron chi connectivity index (χ4n) is 2.54. The summed E-state index contributed by atoms with van der Waals surface area (Å²) in [6, 6.07) is 6.26. The zero-order valence-corrected chi connectivity index (χ0v) is 11.4. The lowest BCUT2D eigenvalue weighted by Crippen LogP contribution is -2.44. The average Bonchev–Trinajstić information content (AvgIpc) is 2.46. The third-order valence-corrected chi connectivity index (χ3v) is 3.58. The van der Waals surface area contributed by atoms with Gasteiger partial charge in [0.2, 0.25) is 0 Å². The van der Waals surface area contributed by atoms with E-state index in [1.54, 1.807) is 14.2 Å². The van der Waals surface area contributed by atoms with Crippen molar-refractivity contribution in [2.75, 3.05) is 40.4 Å². The third kappa shape index (κ3) is 2.60. The predicted octanol–water partition coefficient (Wildman–Crippen LogP) is 1.67. The molecular weight excluding hydrogens is 228 g/mol. The molecule has 0 amide bonds. The molecule has 1 N–H and O–H groups in total. The van der Waals surface area contributed by atoms with Gasteiger partial charge in [-0.2, -0.15) is 0 Å². The maximum absolute atomic E-state index is 5.48. The van der Waals surface area contributed by atoms with Crippen LogP contribution in [0.4, 0.5) is 0 Å². The smallest absolute Gasteiger partial charge is 0.127 e. The summed E-state index contributed by atoms with van der Waals surface area (Å²) in [7, 11) is 3.42. The third-order valence-electron chi connectivity index (χ3n) is 3.58. The van der Waals surface area contributed by atoms with E-state index in [9.17, 15) is 0 Å². The minimum atomic E-state index is 0.304. The second-order valence-electron chi connectivity index (χ2n) is 4.54. The molecule has 2 rings (SSSR count). The topological polar surface area (TPSA) is 33.7 Å².